The van der Waals surface area contributed by atoms with Crippen molar-refractivity contribution < 1.29 is 22.4 Å². The highest BCUT2D eigenvalue weighted by Gasteiger charge is 2.34. The number of amides is 2. The summed E-state index contributed by atoms with van der Waals surface area (Å²) in [6.07, 6.45) is 1.04. The normalized spacial score (nSPS) is 12.0. The Morgan fingerprint density at radius 2 is 1.62 bits per heavy atom. The number of hydrogen-bond acceptors (Lipinski definition) is 4. The minimum Gasteiger partial charge on any atom is -0.354 e. The number of carbonyl (C=O) groups is 2. The molecular weight excluding hydrogens is 517 g/mol. The van der Waals surface area contributed by atoms with E-state index in [9.17, 15) is 22.4 Å². The minimum atomic E-state index is -4.32. The molecule has 0 aromatic heterocycles. The molecule has 0 spiro atoms. The molecule has 39 heavy (non-hydrogen) atoms. The first-order valence-electron chi connectivity index (χ1n) is 13.0. The summed E-state index contributed by atoms with van der Waals surface area (Å²) in [6.45, 7) is 7.34. The van der Waals surface area contributed by atoms with Crippen LogP contribution in [-0.2, 0) is 26.2 Å². The van der Waals surface area contributed by atoms with Crippen LogP contribution in [-0.4, -0.2) is 44.3 Å². The van der Waals surface area contributed by atoms with Crippen molar-refractivity contribution in [3.8, 4) is 0 Å². The van der Waals surface area contributed by atoms with Crippen molar-refractivity contribution in [1.82, 2.24) is 10.2 Å². The Kier molecular flexibility index (Phi) is 10.2. The van der Waals surface area contributed by atoms with Crippen LogP contribution in [0.1, 0.15) is 43.4 Å². The number of anilines is 1. The fraction of sp³-hybridized carbons (Fsp3) is 0.333. The van der Waals surface area contributed by atoms with E-state index >= 15 is 0 Å². The summed E-state index contributed by atoms with van der Waals surface area (Å²) in [6, 6.07) is 18.3. The standard InChI is InChI=1S/C30H36FN3O4S/c1-5-18-32-30(36)27(6-2)33(20-24-11-9-10-23(4)19-24)29(35)21-34(28-13-8-7-12-26(28)31)39(37,38)25-16-14-22(3)15-17-25/h7-17,19,27H,5-6,18,20-21H2,1-4H3,(H,32,36)/t27-/m0/s1. The Bertz CT molecular complexity index is 1390. The quantitative estimate of drug-likeness (QED) is 0.343. The number of hydrogen-bond donors (Lipinski definition) is 1. The van der Waals surface area contributed by atoms with E-state index in [2.05, 4.69) is 5.32 Å². The maximum Gasteiger partial charge on any atom is 0.264 e. The highest BCUT2D eigenvalue weighted by Crippen LogP contribution is 2.27. The van der Waals surface area contributed by atoms with E-state index in [0.29, 0.717) is 13.0 Å². The molecule has 2 amide bonds. The van der Waals surface area contributed by atoms with Gasteiger partial charge in [-0.15, -0.1) is 0 Å². The van der Waals surface area contributed by atoms with Crippen molar-refractivity contribution in [1.29, 1.82) is 0 Å². The predicted octanol–water partition coefficient (Wildman–Crippen LogP) is 4.97. The Morgan fingerprint density at radius 1 is 0.923 bits per heavy atom. The average Bonchev–Trinajstić information content (AvgIpc) is 2.91. The largest absolute Gasteiger partial charge is 0.354 e. The van der Waals surface area contributed by atoms with Crippen LogP contribution >= 0.6 is 0 Å². The molecule has 1 N–H and O–H groups in total. The zero-order valence-corrected chi connectivity index (χ0v) is 23.7. The van der Waals surface area contributed by atoms with Gasteiger partial charge in [0.1, 0.15) is 18.4 Å². The van der Waals surface area contributed by atoms with Gasteiger partial charge in [0.05, 0.1) is 10.6 Å². The Hall–Kier alpha value is -3.72. The molecule has 0 saturated carbocycles. The SMILES string of the molecule is CCCNC(=O)[C@H](CC)N(Cc1cccc(C)c1)C(=O)CN(c1ccccc1F)S(=O)(=O)c1ccc(C)cc1. The number of sulfonamides is 1. The summed E-state index contributed by atoms with van der Waals surface area (Å²) in [5, 5.41) is 2.85. The van der Waals surface area contributed by atoms with Crippen molar-refractivity contribution >= 4 is 27.5 Å². The topological polar surface area (TPSA) is 86.8 Å². The number of carbonyl (C=O) groups excluding carboxylic acids is 2. The third-order valence-electron chi connectivity index (χ3n) is 6.38. The lowest BCUT2D eigenvalue weighted by atomic mass is 10.1. The maximum atomic E-state index is 15.0. The lowest BCUT2D eigenvalue weighted by Gasteiger charge is -2.33. The number of aryl methyl sites for hydroxylation is 2. The second kappa shape index (κ2) is 13.4. The van der Waals surface area contributed by atoms with Gasteiger partial charge in [0, 0.05) is 13.1 Å². The molecule has 7 nitrogen and oxygen atoms in total. The molecule has 0 fully saturated rings. The van der Waals surface area contributed by atoms with Crippen LogP contribution in [0.2, 0.25) is 0 Å². The summed E-state index contributed by atoms with van der Waals surface area (Å²) >= 11 is 0. The van der Waals surface area contributed by atoms with E-state index in [1.807, 2.05) is 45.0 Å². The predicted molar refractivity (Wildman–Crippen MR) is 151 cm³/mol. The van der Waals surface area contributed by atoms with Gasteiger partial charge in [-0.25, -0.2) is 12.8 Å². The van der Waals surface area contributed by atoms with Crippen LogP contribution in [0.15, 0.2) is 77.7 Å². The molecule has 0 heterocycles. The number of halogens is 1. The fourth-order valence-corrected chi connectivity index (χ4v) is 5.72. The second-order valence-electron chi connectivity index (χ2n) is 9.50. The summed E-state index contributed by atoms with van der Waals surface area (Å²) in [7, 11) is -4.32. The van der Waals surface area contributed by atoms with Crippen LogP contribution in [0, 0.1) is 19.7 Å². The molecular formula is C30H36FN3O4S. The van der Waals surface area contributed by atoms with Crippen LogP contribution in [0.3, 0.4) is 0 Å². The zero-order valence-electron chi connectivity index (χ0n) is 22.9. The van der Waals surface area contributed by atoms with Gasteiger partial charge in [0.2, 0.25) is 11.8 Å². The van der Waals surface area contributed by atoms with Gasteiger partial charge >= 0.3 is 0 Å². The third-order valence-corrected chi connectivity index (χ3v) is 8.15. The molecule has 3 aromatic carbocycles. The Labute approximate surface area is 230 Å². The van der Waals surface area contributed by atoms with Crippen molar-refractivity contribution in [2.24, 2.45) is 0 Å². The molecule has 0 aliphatic heterocycles. The first kappa shape index (κ1) is 29.8. The molecule has 9 heteroatoms. The minimum absolute atomic E-state index is 0.0675. The van der Waals surface area contributed by atoms with Gasteiger partial charge in [-0.3, -0.25) is 13.9 Å². The van der Waals surface area contributed by atoms with E-state index in [-0.39, 0.29) is 23.0 Å². The third kappa shape index (κ3) is 7.44. The molecule has 0 radical (unpaired) electrons. The van der Waals surface area contributed by atoms with Gasteiger partial charge < -0.3 is 10.2 Å². The Balaban J connectivity index is 2.06. The molecule has 0 saturated heterocycles. The Morgan fingerprint density at radius 3 is 2.23 bits per heavy atom. The van der Waals surface area contributed by atoms with Gasteiger partial charge in [0.15, 0.2) is 0 Å². The first-order chi connectivity index (χ1) is 18.6. The van der Waals surface area contributed by atoms with Crippen LogP contribution in [0.5, 0.6) is 0 Å². The summed E-state index contributed by atoms with van der Waals surface area (Å²) in [5.41, 5.74) is 2.39. The van der Waals surface area contributed by atoms with Crippen LogP contribution in [0.25, 0.3) is 0 Å². The fourth-order valence-electron chi connectivity index (χ4n) is 4.30. The van der Waals surface area contributed by atoms with Gasteiger partial charge in [-0.1, -0.05) is 73.5 Å². The van der Waals surface area contributed by atoms with E-state index in [1.54, 1.807) is 19.1 Å². The van der Waals surface area contributed by atoms with Crippen LogP contribution in [0.4, 0.5) is 10.1 Å². The van der Waals surface area contributed by atoms with Gasteiger partial charge in [-0.2, -0.15) is 0 Å². The number of nitrogens with one attached hydrogen (secondary N) is 1. The molecule has 0 unspecified atom stereocenters. The molecule has 208 valence electrons. The lowest BCUT2D eigenvalue weighted by molar-refractivity contribution is -0.140. The molecule has 0 aliphatic rings. The summed E-state index contributed by atoms with van der Waals surface area (Å²) in [5.74, 6) is -1.72. The highest BCUT2D eigenvalue weighted by molar-refractivity contribution is 7.92. The maximum absolute atomic E-state index is 15.0. The summed E-state index contributed by atoms with van der Waals surface area (Å²) in [4.78, 5) is 28.4. The van der Waals surface area contributed by atoms with Crippen molar-refractivity contribution in [2.45, 2.75) is 58.0 Å². The molecule has 1 atom stereocenters. The highest BCUT2D eigenvalue weighted by atomic mass is 32.2. The van der Waals surface area contributed by atoms with Gasteiger partial charge in [-0.05, 0) is 56.5 Å². The van der Waals surface area contributed by atoms with Crippen molar-refractivity contribution in [3.05, 3.63) is 95.3 Å². The second-order valence-corrected chi connectivity index (χ2v) is 11.4. The number of para-hydroxylation sites is 1. The van der Waals surface area contributed by atoms with E-state index in [1.165, 1.54) is 35.2 Å². The molecule has 3 aromatic rings. The monoisotopic (exact) mass is 553 g/mol. The van der Waals surface area contributed by atoms with E-state index in [0.717, 1.165) is 33.5 Å². The van der Waals surface area contributed by atoms with Crippen molar-refractivity contribution in [2.75, 3.05) is 17.4 Å². The lowest BCUT2D eigenvalue weighted by Crippen LogP contribution is -2.52. The van der Waals surface area contributed by atoms with E-state index in [4.69, 9.17) is 0 Å². The summed E-state index contributed by atoms with van der Waals surface area (Å²) < 4.78 is 43.3. The van der Waals surface area contributed by atoms with Gasteiger partial charge in [0.25, 0.3) is 10.0 Å². The number of rotatable bonds is 12. The molecule has 0 bridgehead atoms. The van der Waals surface area contributed by atoms with Crippen LogP contribution < -0.4 is 9.62 Å². The first-order valence-corrected chi connectivity index (χ1v) is 14.5. The average molecular weight is 554 g/mol. The number of benzene rings is 3. The smallest absolute Gasteiger partial charge is 0.264 e. The zero-order chi connectivity index (χ0) is 28.6. The number of nitrogens with zero attached hydrogens (tertiary/aromatic N) is 2. The van der Waals surface area contributed by atoms with E-state index < -0.39 is 34.3 Å². The molecule has 3 rings (SSSR count). The van der Waals surface area contributed by atoms with Crippen molar-refractivity contribution in [3.63, 3.8) is 0 Å². The molecule has 0 aliphatic carbocycles.